The van der Waals surface area contributed by atoms with Gasteiger partial charge in [0.1, 0.15) is 5.69 Å². The second kappa shape index (κ2) is 11.1. The Morgan fingerprint density at radius 1 is 1.17 bits per heavy atom. The number of carbonyl (C=O) groups is 1. The number of H-pyrrole nitrogens is 1. The van der Waals surface area contributed by atoms with E-state index in [0.717, 1.165) is 35.2 Å². The third kappa shape index (κ3) is 4.65. The summed E-state index contributed by atoms with van der Waals surface area (Å²) in [5, 5.41) is 32.6. The lowest BCUT2D eigenvalue weighted by Crippen LogP contribution is -2.09. The van der Waals surface area contributed by atoms with Gasteiger partial charge < -0.3 is 30.4 Å². The van der Waals surface area contributed by atoms with E-state index in [0.29, 0.717) is 35.5 Å². The van der Waals surface area contributed by atoms with Gasteiger partial charge in [-0.1, -0.05) is 12.1 Å². The van der Waals surface area contributed by atoms with E-state index in [1.165, 1.54) is 0 Å². The molecule has 0 saturated heterocycles. The van der Waals surface area contributed by atoms with Crippen LogP contribution in [0.15, 0.2) is 25.3 Å². The van der Waals surface area contributed by atoms with Crippen molar-refractivity contribution in [2.24, 2.45) is 0 Å². The van der Waals surface area contributed by atoms with Crippen LogP contribution in [-0.4, -0.2) is 39.9 Å². The number of benzene rings is 1. The van der Waals surface area contributed by atoms with Crippen molar-refractivity contribution in [3.8, 4) is 11.1 Å². The molecule has 0 atom stereocenters. The highest BCUT2D eigenvalue weighted by atomic mass is 16.5. The van der Waals surface area contributed by atoms with Crippen LogP contribution in [0.3, 0.4) is 0 Å². The number of hydrogen-bond donors (Lipinski definition) is 5. The molecule has 2 aromatic rings. The molecule has 0 aliphatic heterocycles. The Balaban J connectivity index is 0.00000155. The van der Waals surface area contributed by atoms with Crippen molar-refractivity contribution in [1.82, 2.24) is 10.3 Å². The van der Waals surface area contributed by atoms with Crippen LogP contribution in [0, 0.1) is 0 Å². The van der Waals surface area contributed by atoms with Crippen molar-refractivity contribution < 1.29 is 24.9 Å². The molecule has 1 heterocycles. The molecule has 1 saturated carbocycles. The first-order valence-electron chi connectivity index (χ1n) is 10.1. The van der Waals surface area contributed by atoms with Crippen LogP contribution in [0.25, 0.3) is 11.1 Å². The average Bonchev–Trinajstić information content (AvgIpc) is 3.55. The van der Waals surface area contributed by atoms with Gasteiger partial charge in [0.2, 0.25) is 0 Å². The summed E-state index contributed by atoms with van der Waals surface area (Å²) in [5.74, 6) is -0.120. The first-order valence-corrected chi connectivity index (χ1v) is 10.1. The summed E-state index contributed by atoms with van der Waals surface area (Å²) in [5.41, 5.74) is 5.54. The summed E-state index contributed by atoms with van der Waals surface area (Å²) in [6, 6.07) is 3.61. The van der Waals surface area contributed by atoms with Crippen LogP contribution < -0.4 is 5.32 Å². The quantitative estimate of drug-likeness (QED) is 0.317. The zero-order valence-corrected chi connectivity index (χ0v) is 17.8. The van der Waals surface area contributed by atoms with Crippen LogP contribution in [0.5, 0.6) is 0 Å². The number of aromatic nitrogens is 1. The fourth-order valence-electron chi connectivity index (χ4n) is 3.83. The zero-order valence-electron chi connectivity index (χ0n) is 17.8. The Morgan fingerprint density at radius 3 is 2.33 bits per heavy atom. The Bertz CT molecular complexity index is 871. The van der Waals surface area contributed by atoms with Gasteiger partial charge in [-0.3, -0.25) is 0 Å². The largest absolute Gasteiger partial charge is 0.461 e. The standard InChI is InChI=1S/C21H28N2O5.C2H4/c1-3-28-21(27)20-18(12-4-5-12)19(17(23-20)8-22-2)14-7-6-13(9-24)15(10-25)16(14)11-26;1-2/h6-7,12,22-26H,3-5,8-11H2,1-2H3;1-2H2. The third-order valence-electron chi connectivity index (χ3n) is 5.22. The number of carbonyl (C=O) groups excluding carboxylic acids is 1. The summed E-state index contributed by atoms with van der Waals surface area (Å²) in [6.45, 7) is 7.80. The molecule has 0 amide bonds. The second-order valence-corrected chi connectivity index (χ2v) is 7.00. The highest BCUT2D eigenvalue weighted by Crippen LogP contribution is 2.48. The predicted octanol–water partition coefficient (Wildman–Crippen LogP) is 2.73. The number of esters is 1. The average molecular weight is 417 g/mol. The van der Waals surface area contributed by atoms with E-state index in [2.05, 4.69) is 23.5 Å². The lowest BCUT2D eigenvalue weighted by Gasteiger charge is -2.17. The van der Waals surface area contributed by atoms with Crippen molar-refractivity contribution in [3.05, 3.63) is 58.9 Å². The van der Waals surface area contributed by atoms with Gasteiger partial charge in [-0.25, -0.2) is 4.79 Å². The maximum atomic E-state index is 12.6. The number of aliphatic hydroxyl groups is 3. The van der Waals surface area contributed by atoms with Gasteiger partial charge in [-0.05, 0) is 60.5 Å². The van der Waals surface area contributed by atoms with Crippen LogP contribution in [0.2, 0.25) is 0 Å². The number of aromatic amines is 1. The molecule has 0 bridgehead atoms. The monoisotopic (exact) mass is 416 g/mol. The smallest absolute Gasteiger partial charge is 0.355 e. The van der Waals surface area contributed by atoms with Crippen molar-refractivity contribution in [3.63, 3.8) is 0 Å². The number of aliphatic hydroxyl groups excluding tert-OH is 3. The molecule has 0 unspecified atom stereocenters. The maximum Gasteiger partial charge on any atom is 0.355 e. The van der Waals surface area contributed by atoms with Crippen molar-refractivity contribution in [2.45, 2.75) is 52.0 Å². The molecule has 0 radical (unpaired) electrons. The first-order chi connectivity index (χ1) is 14.6. The first kappa shape index (κ1) is 23.8. The van der Waals surface area contributed by atoms with Crippen LogP contribution in [0.1, 0.15) is 64.1 Å². The van der Waals surface area contributed by atoms with Crippen molar-refractivity contribution in [2.75, 3.05) is 13.7 Å². The predicted molar refractivity (Wildman–Crippen MR) is 116 cm³/mol. The van der Waals surface area contributed by atoms with Crippen molar-refractivity contribution >= 4 is 5.97 Å². The molecular weight excluding hydrogens is 384 g/mol. The molecule has 3 rings (SSSR count). The molecule has 164 valence electrons. The molecule has 0 spiro atoms. The molecule has 1 aromatic carbocycles. The minimum Gasteiger partial charge on any atom is -0.461 e. The topological polar surface area (TPSA) is 115 Å². The summed E-state index contributed by atoms with van der Waals surface area (Å²) < 4.78 is 5.25. The minimum absolute atomic E-state index is 0.219. The van der Waals surface area contributed by atoms with E-state index < -0.39 is 0 Å². The van der Waals surface area contributed by atoms with Gasteiger partial charge in [0.25, 0.3) is 0 Å². The van der Waals surface area contributed by atoms with Crippen molar-refractivity contribution in [1.29, 1.82) is 0 Å². The second-order valence-electron chi connectivity index (χ2n) is 7.00. The van der Waals surface area contributed by atoms with Gasteiger partial charge in [0.05, 0.1) is 26.4 Å². The van der Waals surface area contributed by atoms with E-state index in [-0.39, 0.29) is 31.7 Å². The summed E-state index contributed by atoms with van der Waals surface area (Å²) in [7, 11) is 1.83. The Morgan fingerprint density at radius 2 is 1.83 bits per heavy atom. The Labute approximate surface area is 177 Å². The summed E-state index contributed by atoms with van der Waals surface area (Å²) >= 11 is 0. The van der Waals surface area contributed by atoms with Gasteiger partial charge in [0.15, 0.2) is 0 Å². The maximum absolute atomic E-state index is 12.6. The lowest BCUT2D eigenvalue weighted by atomic mass is 9.89. The highest BCUT2D eigenvalue weighted by Gasteiger charge is 2.35. The van der Waals surface area contributed by atoms with Gasteiger partial charge in [-0.2, -0.15) is 0 Å². The van der Waals surface area contributed by atoms with E-state index in [4.69, 9.17) is 4.74 Å². The zero-order chi connectivity index (χ0) is 22.3. The molecule has 30 heavy (non-hydrogen) atoms. The normalized spacial score (nSPS) is 13.0. The fraction of sp³-hybridized carbons (Fsp3) is 0.435. The van der Waals surface area contributed by atoms with Crippen LogP contribution in [-0.2, 0) is 31.1 Å². The highest BCUT2D eigenvalue weighted by molar-refractivity contribution is 5.94. The lowest BCUT2D eigenvalue weighted by molar-refractivity contribution is 0.0518. The minimum atomic E-state index is -0.382. The third-order valence-corrected chi connectivity index (χ3v) is 5.22. The molecule has 1 fully saturated rings. The number of hydrogen-bond acceptors (Lipinski definition) is 6. The molecule has 5 N–H and O–H groups in total. The Kier molecular flexibility index (Phi) is 8.80. The van der Waals surface area contributed by atoms with E-state index in [9.17, 15) is 20.1 Å². The number of ether oxygens (including phenoxy) is 1. The number of rotatable bonds is 9. The summed E-state index contributed by atoms with van der Waals surface area (Å²) in [4.78, 5) is 15.8. The molecule has 7 heteroatoms. The molecule has 7 nitrogen and oxygen atoms in total. The SMILES string of the molecule is C=C.CCOC(=O)c1[nH]c(CNC)c(-c2ccc(CO)c(CO)c2CO)c1C1CC1. The molecule has 1 aliphatic rings. The summed E-state index contributed by atoms with van der Waals surface area (Å²) in [6.07, 6.45) is 1.98. The molecule has 1 aromatic heterocycles. The van der Waals surface area contributed by atoms with Gasteiger partial charge in [-0.15, -0.1) is 13.2 Å². The van der Waals surface area contributed by atoms with Gasteiger partial charge >= 0.3 is 5.97 Å². The fourth-order valence-corrected chi connectivity index (χ4v) is 3.83. The van der Waals surface area contributed by atoms with Gasteiger partial charge in [0, 0.05) is 17.8 Å². The van der Waals surface area contributed by atoms with E-state index in [1.54, 1.807) is 13.0 Å². The molecule has 1 aliphatic carbocycles. The Hall–Kier alpha value is -2.45. The van der Waals surface area contributed by atoms with E-state index in [1.807, 2.05) is 13.1 Å². The van der Waals surface area contributed by atoms with Crippen LogP contribution in [0.4, 0.5) is 0 Å². The van der Waals surface area contributed by atoms with Crippen LogP contribution >= 0.6 is 0 Å². The number of nitrogens with one attached hydrogen (secondary N) is 2. The van der Waals surface area contributed by atoms with E-state index >= 15 is 0 Å². The molecular formula is C23H32N2O5.